The van der Waals surface area contributed by atoms with Crippen LogP contribution in [-0.4, -0.2) is 41.3 Å². The number of aliphatic hydroxyl groups is 1. The van der Waals surface area contributed by atoms with Gasteiger partial charge < -0.3 is 15.7 Å². The Morgan fingerprint density at radius 3 is 2.78 bits per heavy atom. The van der Waals surface area contributed by atoms with E-state index in [2.05, 4.69) is 40.7 Å². The molecular formula is C18H29N3O2. The zero-order valence-electron chi connectivity index (χ0n) is 14.2. The third-order valence-corrected chi connectivity index (χ3v) is 4.52. The largest absolute Gasteiger partial charge is 0.394 e. The van der Waals surface area contributed by atoms with Gasteiger partial charge in [-0.1, -0.05) is 30.7 Å². The molecule has 2 amide bonds. The summed E-state index contributed by atoms with van der Waals surface area (Å²) in [5.74, 6) is 0. The van der Waals surface area contributed by atoms with Crippen LogP contribution in [0.5, 0.6) is 0 Å². The van der Waals surface area contributed by atoms with Gasteiger partial charge in [0.05, 0.1) is 12.6 Å². The van der Waals surface area contributed by atoms with Crippen LogP contribution in [0.25, 0.3) is 0 Å². The number of rotatable bonds is 6. The van der Waals surface area contributed by atoms with E-state index in [1.54, 1.807) is 6.92 Å². The molecule has 1 aliphatic heterocycles. The number of carbonyl (C=O) groups is 1. The number of likely N-dealkylation sites (tertiary alicyclic amines) is 1. The molecular weight excluding hydrogens is 290 g/mol. The highest BCUT2D eigenvalue weighted by atomic mass is 16.3. The van der Waals surface area contributed by atoms with E-state index < -0.39 is 0 Å². The summed E-state index contributed by atoms with van der Waals surface area (Å²) in [6.07, 6.45) is 3.86. The summed E-state index contributed by atoms with van der Waals surface area (Å²) in [5.41, 5.74) is 2.42. The standard InChI is InChI=1S/C18H29N3O2/c1-14(13-22)20-18(23)19-11-16-8-3-4-9-17(16)12-21-10-6-5-7-15(21)2/h3-4,8-9,14-15,22H,5-7,10-13H2,1-2H3,(H2,19,20,23). The number of nitrogens with zero attached hydrogens (tertiary/aromatic N) is 1. The highest BCUT2D eigenvalue weighted by Crippen LogP contribution is 2.20. The summed E-state index contributed by atoms with van der Waals surface area (Å²) in [6.45, 7) is 6.60. The molecule has 0 aliphatic carbocycles. The van der Waals surface area contributed by atoms with Crippen molar-refractivity contribution in [2.45, 2.75) is 58.3 Å². The predicted molar refractivity (Wildman–Crippen MR) is 92.1 cm³/mol. The molecule has 0 radical (unpaired) electrons. The van der Waals surface area contributed by atoms with Gasteiger partial charge >= 0.3 is 6.03 Å². The predicted octanol–water partition coefficient (Wildman–Crippen LogP) is 2.24. The van der Waals surface area contributed by atoms with Crippen molar-refractivity contribution >= 4 is 6.03 Å². The Bertz CT molecular complexity index is 507. The lowest BCUT2D eigenvalue weighted by atomic mass is 10.0. The average molecular weight is 319 g/mol. The molecule has 1 heterocycles. The Hall–Kier alpha value is -1.59. The fraction of sp³-hybridized carbons (Fsp3) is 0.611. The van der Waals surface area contributed by atoms with Crippen molar-refractivity contribution in [2.75, 3.05) is 13.2 Å². The number of carbonyl (C=O) groups excluding carboxylic acids is 1. The van der Waals surface area contributed by atoms with Crippen LogP contribution in [0.1, 0.15) is 44.2 Å². The van der Waals surface area contributed by atoms with Crippen LogP contribution in [-0.2, 0) is 13.1 Å². The van der Waals surface area contributed by atoms with E-state index in [1.165, 1.54) is 24.8 Å². The Kier molecular flexibility index (Phi) is 6.86. The van der Waals surface area contributed by atoms with E-state index in [0.29, 0.717) is 12.6 Å². The monoisotopic (exact) mass is 319 g/mol. The normalized spacial score (nSPS) is 20.0. The number of nitrogens with one attached hydrogen (secondary N) is 2. The lowest BCUT2D eigenvalue weighted by Gasteiger charge is -2.33. The first-order valence-corrected chi connectivity index (χ1v) is 8.56. The third-order valence-electron chi connectivity index (χ3n) is 4.52. The maximum Gasteiger partial charge on any atom is 0.315 e. The first-order valence-electron chi connectivity index (χ1n) is 8.56. The Morgan fingerprint density at radius 2 is 2.09 bits per heavy atom. The molecule has 2 rings (SSSR count). The first-order chi connectivity index (χ1) is 11.1. The summed E-state index contributed by atoms with van der Waals surface area (Å²) < 4.78 is 0. The molecule has 23 heavy (non-hydrogen) atoms. The lowest BCUT2D eigenvalue weighted by molar-refractivity contribution is 0.152. The number of amides is 2. The number of piperidine rings is 1. The molecule has 5 heteroatoms. The van der Waals surface area contributed by atoms with Gasteiger partial charge in [0.25, 0.3) is 0 Å². The van der Waals surface area contributed by atoms with Crippen LogP contribution >= 0.6 is 0 Å². The topological polar surface area (TPSA) is 64.6 Å². The second kappa shape index (κ2) is 8.89. The minimum Gasteiger partial charge on any atom is -0.394 e. The van der Waals surface area contributed by atoms with E-state index in [1.807, 2.05) is 6.07 Å². The van der Waals surface area contributed by atoms with Crippen molar-refractivity contribution in [2.24, 2.45) is 0 Å². The van der Waals surface area contributed by atoms with Gasteiger partial charge in [-0.05, 0) is 44.4 Å². The van der Waals surface area contributed by atoms with Crippen molar-refractivity contribution in [3.05, 3.63) is 35.4 Å². The highest BCUT2D eigenvalue weighted by molar-refractivity contribution is 5.74. The minimum atomic E-state index is -0.243. The fourth-order valence-electron chi connectivity index (χ4n) is 2.99. The summed E-state index contributed by atoms with van der Waals surface area (Å²) in [4.78, 5) is 14.3. The molecule has 1 fully saturated rings. The molecule has 3 N–H and O–H groups in total. The van der Waals surface area contributed by atoms with Crippen LogP contribution in [0.15, 0.2) is 24.3 Å². The maximum absolute atomic E-state index is 11.8. The van der Waals surface area contributed by atoms with Gasteiger partial charge in [0.15, 0.2) is 0 Å². The van der Waals surface area contributed by atoms with Crippen molar-refractivity contribution < 1.29 is 9.90 Å². The van der Waals surface area contributed by atoms with Crippen LogP contribution in [0.4, 0.5) is 4.79 Å². The van der Waals surface area contributed by atoms with Crippen LogP contribution in [0.2, 0.25) is 0 Å². The summed E-state index contributed by atoms with van der Waals surface area (Å²) in [6, 6.07) is 8.42. The quantitative estimate of drug-likeness (QED) is 0.753. The van der Waals surface area contributed by atoms with E-state index >= 15 is 0 Å². The fourth-order valence-corrected chi connectivity index (χ4v) is 2.99. The molecule has 1 aliphatic rings. The van der Waals surface area contributed by atoms with Crippen molar-refractivity contribution in [3.8, 4) is 0 Å². The molecule has 0 saturated carbocycles. The van der Waals surface area contributed by atoms with Gasteiger partial charge in [-0.2, -0.15) is 0 Å². The van der Waals surface area contributed by atoms with Crippen molar-refractivity contribution in [1.82, 2.24) is 15.5 Å². The average Bonchev–Trinajstić information content (AvgIpc) is 2.56. The molecule has 5 nitrogen and oxygen atoms in total. The number of hydrogen-bond acceptors (Lipinski definition) is 3. The van der Waals surface area contributed by atoms with E-state index in [4.69, 9.17) is 5.11 Å². The van der Waals surface area contributed by atoms with Crippen molar-refractivity contribution in [1.29, 1.82) is 0 Å². The van der Waals surface area contributed by atoms with Gasteiger partial charge in [-0.15, -0.1) is 0 Å². The second-order valence-corrected chi connectivity index (χ2v) is 6.49. The molecule has 128 valence electrons. The smallest absolute Gasteiger partial charge is 0.315 e. The van der Waals surface area contributed by atoms with Gasteiger partial charge in [0, 0.05) is 19.1 Å². The highest BCUT2D eigenvalue weighted by Gasteiger charge is 2.19. The molecule has 0 spiro atoms. The van der Waals surface area contributed by atoms with E-state index in [0.717, 1.165) is 18.7 Å². The molecule has 1 aromatic rings. The van der Waals surface area contributed by atoms with Crippen LogP contribution in [0.3, 0.4) is 0 Å². The minimum absolute atomic E-state index is 0.0587. The number of urea groups is 1. The number of aliphatic hydroxyl groups excluding tert-OH is 1. The third kappa shape index (κ3) is 5.52. The molecule has 1 saturated heterocycles. The van der Waals surface area contributed by atoms with Gasteiger partial charge in [-0.25, -0.2) is 4.79 Å². The molecule has 1 aromatic carbocycles. The number of benzene rings is 1. The van der Waals surface area contributed by atoms with Gasteiger partial charge in [0.1, 0.15) is 0 Å². The summed E-state index contributed by atoms with van der Waals surface area (Å²) in [5, 5.41) is 14.5. The molecule has 2 atom stereocenters. The van der Waals surface area contributed by atoms with Crippen LogP contribution < -0.4 is 10.6 Å². The second-order valence-electron chi connectivity index (χ2n) is 6.49. The maximum atomic E-state index is 11.8. The summed E-state index contributed by atoms with van der Waals surface area (Å²) >= 11 is 0. The Balaban J connectivity index is 1.93. The SMILES string of the molecule is CC(CO)NC(=O)NCc1ccccc1CN1CCCCC1C. The lowest BCUT2D eigenvalue weighted by Crippen LogP contribution is -2.42. The van der Waals surface area contributed by atoms with Gasteiger partial charge in [-0.3, -0.25) is 4.90 Å². The van der Waals surface area contributed by atoms with E-state index in [9.17, 15) is 4.79 Å². The summed E-state index contributed by atoms with van der Waals surface area (Å²) in [7, 11) is 0. The van der Waals surface area contributed by atoms with Crippen LogP contribution in [0, 0.1) is 0 Å². The zero-order valence-corrected chi connectivity index (χ0v) is 14.2. The molecule has 0 aromatic heterocycles. The van der Waals surface area contributed by atoms with Crippen molar-refractivity contribution in [3.63, 3.8) is 0 Å². The van der Waals surface area contributed by atoms with E-state index in [-0.39, 0.29) is 18.7 Å². The molecule has 2 unspecified atom stereocenters. The van der Waals surface area contributed by atoms with Gasteiger partial charge in [0.2, 0.25) is 0 Å². The Labute approximate surface area is 139 Å². The zero-order chi connectivity index (χ0) is 16.7. The first kappa shape index (κ1) is 17.8. The Morgan fingerprint density at radius 1 is 1.35 bits per heavy atom. The number of hydrogen-bond donors (Lipinski definition) is 3. The molecule has 0 bridgehead atoms.